The van der Waals surface area contributed by atoms with Gasteiger partial charge in [0.1, 0.15) is 23.7 Å². The minimum Gasteiger partial charge on any atom is -0.445 e. The van der Waals surface area contributed by atoms with Crippen molar-refractivity contribution in [3.05, 3.63) is 30.3 Å². The lowest BCUT2D eigenvalue weighted by atomic mass is 10.3. The molecule has 0 aliphatic rings. The summed E-state index contributed by atoms with van der Waals surface area (Å²) in [5, 5.41) is 3.16. The minimum atomic E-state index is 0.0730. The molecule has 2 rings (SSSR count). The van der Waals surface area contributed by atoms with E-state index in [1.165, 1.54) is 6.33 Å². The van der Waals surface area contributed by atoms with Crippen LogP contribution in [-0.4, -0.2) is 29.6 Å². The van der Waals surface area contributed by atoms with Gasteiger partial charge in [0, 0.05) is 31.8 Å². The monoisotopic (exact) mass is 261 g/mol. The zero-order chi connectivity index (χ0) is 13.8. The van der Waals surface area contributed by atoms with E-state index in [0.717, 1.165) is 23.3 Å². The van der Waals surface area contributed by atoms with Crippen LogP contribution in [0.15, 0.2) is 28.9 Å². The second-order valence-corrected chi connectivity index (χ2v) is 4.56. The van der Waals surface area contributed by atoms with E-state index >= 15 is 0 Å². The third-order valence-electron chi connectivity index (χ3n) is 2.66. The summed E-state index contributed by atoms with van der Waals surface area (Å²) >= 11 is 0. The molecular formula is C13H19N5O. The van der Waals surface area contributed by atoms with E-state index in [-0.39, 0.29) is 6.04 Å². The summed E-state index contributed by atoms with van der Waals surface area (Å²) < 4.78 is 5.56. The number of nitrogens with two attached hydrogens (primary N) is 1. The van der Waals surface area contributed by atoms with Gasteiger partial charge in [0.25, 0.3) is 0 Å². The van der Waals surface area contributed by atoms with Crippen molar-refractivity contribution in [3.8, 4) is 0 Å². The van der Waals surface area contributed by atoms with E-state index in [0.29, 0.717) is 6.54 Å². The largest absolute Gasteiger partial charge is 0.445 e. The molecule has 2 aromatic heterocycles. The lowest BCUT2D eigenvalue weighted by Crippen LogP contribution is -2.25. The molecule has 0 saturated heterocycles. The molecule has 3 N–H and O–H groups in total. The van der Waals surface area contributed by atoms with Crippen LogP contribution >= 0.6 is 0 Å². The molecule has 2 aromatic rings. The van der Waals surface area contributed by atoms with E-state index in [9.17, 15) is 0 Å². The third kappa shape index (κ3) is 3.45. The zero-order valence-corrected chi connectivity index (χ0v) is 11.4. The molecule has 0 amide bonds. The highest BCUT2D eigenvalue weighted by atomic mass is 16.4. The van der Waals surface area contributed by atoms with Crippen LogP contribution in [0.1, 0.15) is 12.7 Å². The molecule has 0 aliphatic heterocycles. The third-order valence-corrected chi connectivity index (χ3v) is 2.66. The molecule has 1 unspecified atom stereocenters. The number of anilines is 3. The summed E-state index contributed by atoms with van der Waals surface area (Å²) in [7, 11) is 1.90. The Labute approximate surface area is 112 Å². The van der Waals surface area contributed by atoms with Crippen LogP contribution in [0.5, 0.6) is 0 Å². The molecule has 0 aliphatic carbocycles. The first-order valence-corrected chi connectivity index (χ1v) is 6.18. The molecule has 6 heteroatoms. The summed E-state index contributed by atoms with van der Waals surface area (Å²) in [5.41, 5.74) is 5.70. The van der Waals surface area contributed by atoms with Crippen LogP contribution in [0.4, 0.5) is 17.5 Å². The molecule has 6 nitrogen and oxygen atoms in total. The second kappa shape index (κ2) is 5.71. The lowest BCUT2D eigenvalue weighted by Gasteiger charge is -2.16. The highest BCUT2D eigenvalue weighted by Gasteiger charge is 2.10. The van der Waals surface area contributed by atoms with E-state index in [1.54, 1.807) is 0 Å². The summed E-state index contributed by atoms with van der Waals surface area (Å²) in [5.74, 6) is 3.12. The Bertz CT molecular complexity index is 537. The predicted octanol–water partition coefficient (Wildman–Crippen LogP) is 1.91. The normalized spacial score (nSPS) is 12.2. The maximum absolute atomic E-state index is 5.70. The van der Waals surface area contributed by atoms with Gasteiger partial charge >= 0.3 is 0 Å². The SMILES string of the molecule is Cc1ccc(N(C)c2cc(NCC(C)N)ncn2)o1. The fourth-order valence-corrected chi connectivity index (χ4v) is 1.61. The van der Waals surface area contributed by atoms with Crippen LogP contribution in [0.25, 0.3) is 0 Å². The highest BCUT2D eigenvalue weighted by Crippen LogP contribution is 2.24. The number of nitrogens with one attached hydrogen (secondary N) is 1. The second-order valence-electron chi connectivity index (χ2n) is 4.56. The van der Waals surface area contributed by atoms with Crippen molar-refractivity contribution >= 4 is 17.5 Å². The van der Waals surface area contributed by atoms with Crippen LogP contribution in [0.2, 0.25) is 0 Å². The van der Waals surface area contributed by atoms with Crippen molar-refractivity contribution in [2.24, 2.45) is 5.73 Å². The molecule has 0 spiro atoms. The topological polar surface area (TPSA) is 80.2 Å². The first-order valence-electron chi connectivity index (χ1n) is 6.18. The van der Waals surface area contributed by atoms with Crippen LogP contribution in [0, 0.1) is 6.92 Å². The molecule has 1 atom stereocenters. The fourth-order valence-electron chi connectivity index (χ4n) is 1.61. The first kappa shape index (κ1) is 13.4. The molecule has 19 heavy (non-hydrogen) atoms. The maximum atomic E-state index is 5.70. The van der Waals surface area contributed by atoms with Gasteiger partial charge in [-0.3, -0.25) is 4.90 Å². The molecule has 0 fully saturated rings. The standard InChI is InChI=1S/C13H19N5O/c1-9(14)7-15-11-6-12(17-8-16-11)18(3)13-5-4-10(2)19-13/h4-6,8-9H,7,14H2,1-3H3,(H,15,16,17). The molecule has 0 bridgehead atoms. The number of hydrogen-bond acceptors (Lipinski definition) is 6. The molecular weight excluding hydrogens is 242 g/mol. The number of aromatic nitrogens is 2. The van der Waals surface area contributed by atoms with Crippen molar-refractivity contribution in [1.82, 2.24) is 9.97 Å². The average Bonchev–Trinajstić information content (AvgIpc) is 2.82. The van der Waals surface area contributed by atoms with Gasteiger partial charge in [0.15, 0.2) is 0 Å². The van der Waals surface area contributed by atoms with Crippen molar-refractivity contribution in [2.45, 2.75) is 19.9 Å². The molecule has 102 valence electrons. The van der Waals surface area contributed by atoms with E-state index in [1.807, 2.05) is 44.0 Å². The Kier molecular flexibility index (Phi) is 4.01. The highest BCUT2D eigenvalue weighted by molar-refractivity contribution is 5.57. The predicted molar refractivity (Wildman–Crippen MR) is 75.7 cm³/mol. The van der Waals surface area contributed by atoms with Gasteiger partial charge in [0.05, 0.1) is 0 Å². The van der Waals surface area contributed by atoms with Gasteiger partial charge in [-0.2, -0.15) is 0 Å². The van der Waals surface area contributed by atoms with Crippen molar-refractivity contribution < 1.29 is 4.42 Å². The molecule has 0 aromatic carbocycles. The maximum Gasteiger partial charge on any atom is 0.200 e. The van der Waals surface area contributed by atoms with E-state index < -0.39 is 0 Å². The Morgan fingerprint density at radius 2 is 2.21 bits per heavy atom. The van der Waals surface area contributed by atoms with E-state index in [2.05, 4.69) is 15.3 Å². The molecule has 2 heterocycles. The van der Waals surface area contributed by atoms with Gasteiger partial charge in [0.2, 0.25) is 5.88 Å². The molecule has 0 saturated carbocycles. The van der Waals surface area contributed by atoms with Gasteiger partial charge in [-0.15, -0.1) is 0 Å². The summed E-state index contributed by atoms with van der Waals surface area (Å²) in [4.78, 5) is 10.3. The van der Waals surface area contributed by atoms with Crippen LogP contribution in [-0.2, 0) is 0 Å². The zero-order valence-electron chi connectivity index (χ0n) is 11.4. The summed E-state index contributed by atoms with van der Waals surface area (Å²) in [6.07, 6.45) is 1.52. The van der Waals surface area contributed by atoms with Gasteiger partial charge in [-0.25, -0.2) is 9.97 Å². The quantitative estimate of drug-likeness (QED) is 0.855. The average molecular weight is 261 g/mol. The van der Waals surface area contributed by atoms with Crippen molar-refractivity contribution in [1.29, 1.82) is 0 Å². The van der Waals surface area contributed by atoms with Gasteiger partial charge in [-0.05, 0) is 19.9 Å². The minimum absolute atomic E-state index is 0.0730. The Morgan fingerprint density at radius 1 is 1.42 bits per heavy atom. The van der Waals surface area contributed by atoms with E-state index in [4.69, 9.17) is 10.2 Å². The van der Waals surface area contributed by atoms with Gasteiger partial charge in [-0.1, -0.05) is 0 Å². The lowest BCUT2D eigenvalue weighted by molar-refractivity contribution is 0.537. The van der Waals surface area contributed by atoms with Crippen molar-refractivity contribution in [2.75, 3.05) is 23.8 Å². The Hall–Kier alpha value is -2.08. The number of hydrogen-bond donors (Lipinski definition) is 2. The van der Waals surface area contributed by atoms with Gasteiger partial charge < -0.3 is 15.5 Å². The number of furan rings is 1. The summed E-state index contributed by atoms with van der Waals surface area (Å²) in [6, 6.07) is 5.76. The number of rotatable bonds is 5. The fraction of sp³-hybridized carbons (Fsp3) is 0.385. The Morgan fingerprint density at radius 3 is 2.84 bits per heavy atom. The smallest absolute Gasteiger partial charge is 0.200 e. The number of nitrogens with zero attached hydrogens (tertiary/aromatic N) is 3. The van der Waals surface area contributed by atoms with Crippen LogP contribution < -0.4 is 16.0 Å². The van der Waals surface area contributed by atoms with Crippen LogP contribution in [0.3, 0.4) is 0 Å². The van der Waals surface area contributed by atoms with Crippen molar-refractivity contribution in [3.63, 3.8) is 0 Å². The number of aryl methyl sites for hydroxylation is 1. The first-order chi connectivity index (χ1) is 9.06. The summed E-state index contributed by atoms with van der Waals surface area (Å²) in [6.45, 7) is 4.51. The molecule has 0 radical (unpaired) electrons. The Balaban J connectivity index is 2.13.